The van der Waals surface area contributed by atoms with Crippen molar-refractivity contribution in [2.45, 2.75) is 12.8 Å². The normalized spacial score (nSPS) is 14.1. The maximum absolute atomic E-state index is 10.6. The molecule has 1 aromatic carbocycles. The molecule has 1 fully saturated rings. The summed E-state index contributed by atoms with van der Waals surface area (Å²) in [4.78, 5) is 35.0. The van der Waals surface area contributed by atoms with E-state index in [1.807, 2.05) is 36.4 Å². The van der Waals surface area contributed by atoms with E-state index in [0.29, 0.717) is 5.06 Å². The van der Waals surface area contributed by atoms with Gasteiger partial charge in [0.25, 0.3) is 11.8 Å². The zero-order chi connectivity index (χ0) is 11.8. The van der Waals surface area contributed by atoms with Crippen LogP contribution in [0.4, 0.5) is 0 Å². The molecule has 0 aliphatic carbocycles. The summed E-state index contributed by atoms with van der Waals surface area (Å²) in [5.41, 5.74) is 0. The zero-order valence-corrected chi connectivity index (χ0v) is 8.54. The zero-order valence-electron chi connectivity index (χ0n) is 8.54. The molecule has 0 spiro atoms. The van der Waals surface area contributed by atoms with Gasteiger partial charge in [-0.2, -0.15) is 0 Å². The third-order valence-electron chi connectivity index (χ3n) is 1.82. The molecule has 0 atom stereocenters. The maximum Gasteiger partial charge on any atom is 0.321 e. The summed E-state index contributed by atoms with van der Waals surface area (Å²) in [6.45, 7) is 0.0567. The van der Waals surface area contributed by atoms with Crippen LogP contribution in [0.2, 0.25) is 0 Å². The number of amides is 2. The Morgan fingerprint density at radius 2 is 1.31 bits per heavy atom. The van der Waals surface area contributed by atoms with Gasteiger partial charge >= 0.3 is 6.47 Å². The van der Waals surface area contributed by atoms with Crippen LogP contribution in [0.1, 0.15) is 12.8 Å². The molecule has 1 aliphatic heterocycles. The molecule has 5 heteroatoms. The molecule has 2 amide bonds. The van der Waals surface area contributed by atoms with E-state index < -0.39 is 11.8 Å². The molecule has 0 saturated carbocycles. The number of carbonyl (C=O) groups is 3. The summed E-state index contributed by atoms with van der Waals surface area (Å²) in [5.74, 6) is -0.922. The quantitative estimate of drug-likeness (QED) is 0.550. The van der Waals surface area contributed by atoms with Gasteiger partial charge in [0, 0.05) is 12.8 Å². The minimum absolute atomic E-state index is 0.0567. The fraction of sp³-hybridized carbons (Fsp3) is 0.182. The van der Waals surface area contributed by atoms with Crippen LogP contribution in [0.3, 0.4) is 0 Å². The topological polar surface area (TPSA) is 63.7 Å². The number of hydroxylamine groups is 2. The summed E-state index contributed by atoms with van der Waals surface area (Å²) in [6, 6.07) is 12.0. The fourth-order valence-corrected chi connectivity index (χ4v) is 1.10. The number of hydrogen-bond acceptors (Lipinski definition) is 4. The van der Waals surface area contributed by atoms with Crippen molar-refractivity contribution in [3.05, 3.63) is 36.4 Å². The van der Waals surface area contributed by atoms with Crippen LogP contribution in [0, 0.1) is 0 Å². The number of benzene rings is 1. The predicted molar refractivity (Wildman–Crippen MR) is 54.7 cm³/mol. The summed E-state index contributed by atoms with van der Waals surface area (Å²) < 4.78 is 0. The van der Waals surface area contributed by atoms with E-state index in [1.165, 1.54) is 0 Å². The second-order valence-corrected chi connectivity index (χ2v) is 2.94. The third kappa shape index (κ3) is 3.53. The lowest BCUT2D eigenvalue weighted by molar-refractivity contribution is -0.188. The molecule has 0 bridgehead atoms. The molecule has 0 aromatic heterocycles. The summed E-state index contributed by atoms with van der Waals surface area (Å²) in [5, 5.41) is 0.479. The van der Waals surface area contributed by atoms with Gasteiger partial charge in [0.05, 0.1) is 0 Å². The molecular formula is C11H11NO4. The van der Waals surface area contributed by atoms with Gasteiger partial charge in [-0.25, -0.2) is 0 Å². The number of carbonyl (C=O) groups excluding carboxylic acids is 3. The Bertz CT molecular complexity index is 321. The second-order valence-electron chi connectivity index (χ2n) is 2.94. The van der Waals surface area contributed by atoms with Crippen molar-refractivity contribution >= 4 is 18.3 Å². The van der Waals surface area contributed by atoms with Crippen LogP contribution >= 0.6 is 0 Å². The molecule has 0 N–H and O–H groups in total. The van der Waals surface area contributed by atoms with Gasteiger partial charge in [0.2, 0.25) is 0 Å². The molecular weight excluding hydrogens is 210 g/mol. The lowest BCUT2D eigenvalue weighted by Gasteiger charge is -2.06. The molecule has 84 valence electrons. The van der Waals surface area contributed by atoms with Crippen LogP contribution in [-0.2, 0) is 19.2 Å². The van der Waals surface area contributed by atoms with Gasteiger partial charge in [0.15, 0.2) is 0 Å². The van der Waals surface area contributed by atoms with Crippen LogP contribution < -0.4 is 0 Å². The molecule has 0 radical (unpaired) electrons. The molecule has 0 unspecified atom stereocenters. The molecule has 5 nitrogen and oxygen atoms in total. The van der Waals surface area contributed by atoms with Gasteiger partial charge in [-0.1, -0.05) is 36.4 Å². The summed E-state index contributed by atoms with van der Waals surface area (Å²) >= 11 is 0. The van der Waals surface area contributed by atoms with Gasteiger partial charge < -0.3 is 4.84 Å². The second kappa shape index (κ2) is 6.34. The number of imide groups is 1. The first-order valence-electron chi connectivity index (χ1n) is 4.72. The Morgan fingerprint density at radius 1 is 0.938 bits per heavy atom. The van der Waals surface area contributed by atoms with Crippen molar-refractivity contribution in [2.75, 3.05) is 0 Å². The third-order valence-corrected chi connectivity index (χ3v) is 1.82. The minimum atomic E-state index is -0.461. The van der Waals surface area contributed by atoms with Gasteiger partial charge in [-0.05, 0) is 0 Å². The van der Waals surface area contributed by atoms with Crippen LogP contribution in [0.5, 0.6) is 0 Å². The van der Waals surface area contributed by atoms with Gasteiger partial charge in [-0.15, -0.1) is 5.06 Å². The van der Waals surface area contributed by atoms with E-state index in [-0.39, 0.29) is 19.3 Å². The summed E-state index contributed by atoms with van der Waals surface area (Å²) in [7, 11) is 0. The first kappa shape index (κ1) is 11.9. The smallest absolute Gasteiger partial charge is 0.321 e. The van der Waals surface area contributed by atoms with E-state index in [0.717, 1.165) is 0 Å². The van der Waals surface area contributed by atoms with E-state index in [2.05, 4.69) is 4.84 Å². The lowest BCUT2D eigenvalue weighted by atomic mass is 10.4. The van der Waals surface area contributed by atoms with E-state index in [1.54, 1.807) is 0 Å². The van der Waals surface area contributed by atoms with Crippen molar-refractivity contribution in [3.63, 3.8) is 0 Å². The Hall–Kier alpha value is -2.17. The highest BCUT2D eigenvalue weighted by Crippen LogP contribution is 2.10. The van der Waals surface area contributed by atoms with Crippen molar-refractivity contribution in [1.29, 1.82) is 0 Å². The van der Waals surface area contributed by atoms with Crippen LogP contribution in [0.15, 0.2) is 36.4 Å². The highest BCUT2D eigenvalue weighted by molar-refractivity contribution is 6.01. The highest BCUT2D eigenvalue weighted by Gasteiger charge is 2.30. The van der Waals surface area contributed by atoms with Crippen molar-refractivity contribution in [2.24, 2.45) is 0 Å². The van der Waals surface area contributed by atoms with Crippen LogP contribution in [-0.4, -0.2) is 23.3 Å². The SMILES string of the molecule is O=CON1C(=O)CCC1=O.c1ccccc1. The standard InChI is InChI=1S/C6H6.C5H5NO4/c1-2-4-6-5-3-1;7-3-10-6-4(8)1-2-5(6)9/h1-6H;3H,1-2H2. The monoisotopic (exact) mass is 221 g/mol. The average molecular weight is 221 g/mol. The largest absolute Gasteiger partial charge is 0.334 e. The van der Waals surface area contributed by atoms with Crippen molar-refractivity contribution < 1.29 is 19.2 Å². The van der Waals surface area contributed by atoms with E-state index >= 15 is 0 Å². The van der Waals surface area contributed by atoms with E-state index in [4.69, 9.17) is 0 Å². The molecule has 1 heterocycles. The molecule has 2 rings (SSSR count). The number of rotatable bonds is 2. The number of nitrogens with zero attached hydrogens (tertiary/aromatic N) is 1. The molecule has 1 aromatic rings. The Kier molecular flexibility index (Phi) is 4.72. The van der Waals surface area contributed by atoms with E-state index in [9.17, 15) is 14.4 Å². The fourth-order valence-electron chi connectivity index (χ4n) is 1.10. The molecule has 1 aliphatic rings. The predicted octanol–water partition coefficient (Wildman–Crippen LogP) is 0.910. The maximum atomic E-state index is 10.6. The first-order valence-corrected chi connectivity index (χ1v) is 4.72. The number of hydrogen-bond donors (Lipinski definition) is 0. The first-order chi connectivity index (χ1) is 7.75. The minimum Gasteiger partial charge on any atom is -0.334 e. The molecule has 16 heavy (non-hydrogen) atoms. The average Bonchev–Trinajstić information content (AvgIpc) is 2.64. The van der Waals surface area contributed by atoms with Crippen LogP contribution in [0.25, 0.3) is 0 Å². The van der Waals surface area contributed by atoms with Gasteiger partial charge in [-0.3, -0.25) is 14.4 Å². The lowest BCUT2D eigenvalue weighted by Crippen LogP contribution is -2.28. The Labute approximate surface area is 92.6 Å². The Morgan fingerprint density at radius 3 is 1.62 bits per heavy atom. The molecule has 1 saturated heterocycles. The summed E-state index contributed by atoms with van der Waals surface area (Å²) in [6.07, 6.45) is 0.263. The highest BCUT2D eigenvalue weighted by atomic mass is 16.7. The van der Waals surface area contributed by atoms with Crippen molar-refractivity contribution in [1.82, 2.24) is 5.06 Å². The van der Waals surface area contributed by atoms with Crippen molar-refractivity contribution in [3.8, 4) is 0 Å². The van der Waals surface area contributed by atoms with Gasteiger partial charge in [0.1, 0.15) is 0 Å². The Balaban J connectivity index is 0.000000181.